The molecule has 3 aromatic rings. The average molecular weight is 388 g/mol. The van der Waals surface area contributed by atoms with E-state index in [4.69, 9.17) is 23.2 Å². The van der Waals surface area contributed by atoms with E-state index in [0.29, 0.717) is 27.6 Å². The number of benzene rings is 2. The second-order valence-electron chi connectivity index (χ2n) is 6.23. The summed E-state index contributed by atoms with van der Waals surface area (Å²) in [5, 5.41) is 15.8. The van der Waals surface area contributed by atoms with Crippen molar-refractivity contribution in [3.63, 3.8) is 0 Å². The van der Waals surface area contributed by atoms with Crippen molar-refractivity contribution in [2.75, 3.05) is 5.32 Å². The lowest BCUT2D eigenvalue weighted by molar-refractivity contribution is -0.115. The van der Waals surface area contributed by atoms with Crippen molar-refractivity contribution in [3.05, 3.63) is 58.1 Å². The zero-order valence-corrected chi connectivity index (χ0v) is 15.2. The summed E-state index contributed by atoms with van der Waals surface area (Å²) in [6, 6.07) is 13.1. The van der Waals surface area contributed by atoms with E-state index in [1.54, 1.807) is 18.2 Å². The monoisotopic (exact) mass is 387 g/mol. The SMILES string of the molecule is O=C(Cc1ccc(Cl)c(Cl)c1)Nc1cccc(-c2nnnn2C2CC2)c1. The quantitative estimate of drug-likeness (QED) is 0.712. The van der Waals surface area contributed by atoms with Gasteiger partial charge >= 0.3 is 0 Å². The lowest BCUT2D eigenvalue weighted by atomic mass is 10.1. The van der Waals surface area contributed by atoms with Gasteiger partial charge in [-0.3, -0.25) is 4.79 Å². The molecule has 1 aliphatic rings. The second-order valence-corrected chi connectivity index (χ2v) is 7.05. The van der Waals surface area contributed by atoms with E-state index < -0.39 is 0 Å². The molecule has 0 bridgehead atoms. The molecule has 2 aromatic carbocycles. The first-order valence-electron chi connectivity index (χ1n) is 8.22. The molecule has 0 saturated heterocycles. The average Bonchev–Trinajstić information content (AvgIpc) is 3.35. The largest absolute Gasteiger partial charge is 0.326 e. The molecule has 1 N–H and O–H groups in total. The Kier molecular flexibility index (Phi) is 4.61. The van der Waals surface area contributed by atoms with Crippen LogP contribution in [0.15, 0.2) is 42.5 Å². The summed E-state index contributed by atoms with van der Waals surface area (Å²) in [6.45, 7) is 0. The molecule has 1 saturated carbocycles. The third-order valence-electron chi connectivity index (χ3n) is 4.14. The Morgan fingerprint density at radius 3 is 2.77 bits per heavy atom. The number of halogens is 2. The Morgan fingerprint density at radius 2 is 2.00 bits per heavy atom. The summed E-state index contributed by atoms with van der Waals surface area (Å²) in [7, 11) is 0. The summed E-state index contributed by atoms with van der Waals surface area (Å²) in [5.41, 5.74) is 2.36. The van der Waals surface area contributed by atoms with Gasteiger partial charge in [-0.15, -0.1) is 5.10 Å². The molecule has 8 heteroatoms. The second kappa shape index (κ2) is 7.05. The van der Waals surface area contributed by atoms with Crippen molar-refractivity contribution in [2.45, 2.75) is 25.3 Å². The van der Waals surface area contributed by atoms with E-state index in [2.05, 4.69) is 20.8 Å². The predicted octanol–water partition coefficient (Wildman–Crippen LogP) is 4.16. The molecular formula is C18H15Cl2N5O. The number of hydrogen-bond donors (Lipinski definition) is 1. The van der Waals surface area contributed by atoms with E-state index in [9.17, 15) is 4.79 Å². The Bertz CT molecular complexity index is 968. The van der Waals surface area contributed by atoms with Gasteiger partial charge < -0.3 is 5.32 Å². The summed E-state index contributed by atoms with van der Waals surface area (Å²) in [6.07, 6.45) is 2.40. The van der Waals surface area contributed by atoms with Crippen LogP contribution >= 0.6 is 23.2 Å². The fraction of sp³-hybridized carbons (Fsp3) is 0.222. The Labute approximate surface area is 160 Å². The van der Waals surface area contributed by atoms with Gasteiger partial charge in [-0.25, -0.2) is 4.68 Å². The lowest BCUT2D eigenvalue weighted by Gasteiger charge is -2.08. The van der Waals surface area contributed by atoms with E-state index in [1.165, 1.54) is 0 Å². The molecule has 1 heterocycles. The van der Waals surface area contributed by atoms with Crippen molar-refractivity contribution in [1.82, 2.24) is 20.2 Å². The van der Waals surface area contributed by atoms with Crippen LogP contribution in [0.3, 0.4) is 0 Å². The maximum absolute atomic E-state index is 12.3. The van der Waals surface area contributed by atoms with E-state index in [0.717, 1.165) is 24.0 Å². The van der Waals surface area contributed by atoms with Crippen molar-refractivity contribution < 1.29 is 4.79 Å². The first-order chi connectivity index (χ1) is 12.6. The van der Waals surface area contributed by atoms with Crippen LogP contribution in [0, 0.1) is 0 Å². The molecular weight excluding hydrogens is 373 g/mol. The van der Waals surface area contributed by atoms with Crippen molar-refractivity contribution in [2.24, 2.45) is 0 Å². The minimum atomic E-state index is -0.137. The highest BCUT2D eigenvalue weighted by Gasteiger charge is 2.28. The fourth-order valence-electron chi connectivity index (χ4n) is 2.72. The van der Waals surface area contributed by atoms with Crippen LogP contribution in [0.25, 0.3) is 11.4 Å². The number of anilines is 1. The number of hydrogen-bond acceptors (Lipinski definition) is 4. The third-order valence-corrected chi connectivity index (χ3v) is 4.88. The minimum Gasteiger partial charge on any atom is -0.326 e. The topological polar surface area (TPSA) is 72.7 Å². The number of carbonyl (C=O) groups is 1. The van der Waals surface area contributed by atoms with Crippen LogP contribution in [-0.4, -0.2) is 26.1 Å². The van der Waals surface area contributed by atoms with Crippen molar-refractivity contribution in [3.8, 4) is 11.4 Å². The lowest BCUT2D eigenvalue weighted by Crippen LogP contribution is -2.14. The van der Waals surface area contributed by atoms with Gasteiger partial charge in [-0.2, -0.15) is 0 Å². The van der Waals surface area contributed by atoms with Gasteiger partial charge in [0.1, 0.15) is 0 Å². The number of carbonyl (C=O) groups excluding carboxylic acids is 1. The van der Waals surface area contributed by atoms with Gasteiger partial charge in [-0.1, -0.05) is 41.4 Å². The standard InChI is InChI=1S/C18H15Cl2N5O/c19-15-7-4-11(8-16(15)20)9-17(26)21-13-3-1-2-12(10-13)18-22-23-24-25(18)14-5-6-14/h1-4,7-8,10,14H,5-6,9H2,(H,21,26). The van der Waals surface area contributed by atoms with Gasteiger partial charge in [0.05, 0.1) is 22.5 Å². The highest BCUT2D eigenvalue weighted by atomic mass is 35.5. The van der Waals surface area contributed by atoms with Gasteiger partial charge in [0.25, 0.3) is 0 Å². The van der Waals surface area contributed by atoms with Crippen molar-refractivity contribution >= 4 is 34.8 Å². The zero-order valence-electron chi connectivity index (χ0n) is 13.7. The molecule has 1 aromatic heterocycles. The smallest absolute Gasteiger partial charge is 0.228 e. The van der Waals surface area contributed by atoms with Gasteiger partial charge in [0, 0.05) is 11.3 Å². The first kappa shape index (κ1) is 17.0. The van der Waals surface area contributed by atoms with E-state index in [-0.39, 0.29) is 12.3 Å². The summed E-state index contributed by atoms with van der Waals surface area (Å²) >= 11 is 11.9. The van der Waals surface area contributed by atoms with E-state index in [1.807, 2.05) is 28.9 Å². The van der Waals surface area contributed by atoms with Crippen LogP contribution in [0.2, 0.25) is 10.0 Å². The molecule has 0 aliphatic heterocycles. The molecule has 26 heavy (non-hydrogen) atoms. The number of amides is 1. The molecule has 0 radical (unpaired) electrons. The minimum absolute atomic E-state index is 0.137. The van der Waals surface area contributed by atoms with Crippen LogP contribution < -0.4 is 5.32 Å². The fourth-order valence-corrected chi connectivity index (χ4v) is 3.05. The molecule has 1 aliphatic carbocycles. The summed E-state index contributed by atoms with van der Waals surface area (Å²) in [5.74, 6) is 0.579. The Balaban J connectivity index is 1.49. The number of tetrazole rings is 1. The number of aromatic nitrogens is 4. The molecule has 132 valence electrons. The first-order valence-corrected chi connectivity index (χ1v) is 8.98. The highest BCUT2D eigenvalue weighted by molar-refractivity contribution is 6.42. The van der Waals surface area contributed by atoms with Crippen LogP contribution in [0.5, 0.6) is 0 Å². The maximum Gasteiger partial charge on any atom is 0.228 e. The number of nitrogens with one attached hydrogen (secondary N) is 1. The molecule has 1 amide bonds. The van der Waals surface area contributed by atoms with Gasteiger partial charge in [0.15, 0.2) is 5.82 Å². The van der Waals surface area contributed by atoms with Crippen LogP contribution in [0.1, 0.15) is 24.4 Å². The van der Waals surface area contributed by atoms with Gasteiger partial charge in [0.2, 0.25) is 5.91 Å². The molecule has 4 rings (SSSR count). The molecule has 1 fully saturated rings. The normalized spacial score (nSPS) is 13.6. The molecule has 0 spiro atoms. The zero-order chi connectivity index (χ0) is 18.1. The van der Waals surface area contributed by atoms with E-state index >= 15 is 0 Å². The summed E-state index contributed by atoms with van der Waals surface area (Å²) < 4.78 is 1.84. The number of nitrogens with zero attached hydrogens (tertiary/aromatic N) is 4. The maximum atomic E-state index is 12.3. The van der Waals surface area contributed by atoms with Crippen LogP contribution in [0.4, 0.5) is 5.69 Å². The Hall–Kier alpha value is -2.44. The summed E-state index contributed by atoms with van der Waals surface area (Å²) in [4.78, 5) is 12.3. The van der Waals surface area contributed by atoms with Crippen LogP contribution in [-0.2, 0) is 11.2 Å². The number of rotatable bonds is 5. The van der Waals surface area contributed by atoms with Gasteiger partial charge in [-0.05, 0) is 53.1 Å². The molecule has 6 nitrogen and oxygen atoms in total. The highest BCUT2D eigenvalue weighted by Crippen LogP contribution is 2.36. The van der Waals surface area contributed by atoms with Crippen molar-refractivity contribution in [1.29, 1.82) is 0 Å². The molecule has 0 atom stereocenters. The Morgan fingerprint density at radius 1 is 1.15 bits per heavy atom. The third kappa shape index (κ3) is 3.71. The predicted molar refractivity (Wildman–Crippen MR) is 100 cm³/mol. The molecule has 0 unspecified atom stereocenters.